The maximum Gasteiger partial charge on any atom is 0.250 e. The summed E-state index contributed by atoms with van der Waals surface area (Å²) in [5.41, 5.74) is 4.99. The van der Waals surface area contributed by atoms with Crippen molar-refractivity contribution in [2.24, 2.45) is 5.10 Å². The van der Waals surface area contributed by atoms with Crippen molar-refractivity contribution < 1.29 is 23.7 Å². The number of amides is 1. The molecule has 0 spiro atoms. The molecule has 0 atom stereocenters. The average Bonchev–Trinajstić information content (AvgIpc) is 3.41. The first-order chi connectivity index (χ1) is 19.1. The van der Waals surface area contributed by atoms with Gasteiger partial charge in [-0.25, -0.2) is 5.43 Å². The molecule has 0 saturated heterocycles. The van der Waals surface area contributed by atoms with E-state index in [0.717, 1.165) is 28.3 Å². The normalized spacial score (nSPS) is 10.9. The standard InChI is InChI=1S/C28H29N5O5S/c1-5-38-24-15-6-19(16-25(24)37-4)17-29-30-26(34)18-39-28-32-31-27(20-7-11-22(35-2)12-8-20)33(28)21-9-13-23(36-3)14-10-21/h6-17H,5,18H2,1-4H3,(H,30,34)/b29-17-. The summed E-state index contributed by atoms with van der Waals surface area (Å²) in [6, 6.07) is 20.5. The van der Waals surface area contributed by atoms with E-state index in [-0.39, 0.29) is 11.7 Å². The minimum atomic E-state index is -0.288. The molecule has 0 saturated carbocycles. The molecule has 0 aliphatic rings. The highest BCUT2D eigenvalue weighted by Crippen LogP contribution is 2.30. The van der Waals surface area contributed by atoms with E-state index in [4.69, 9.17) is 18.9 Å². The number of thioether (sulfide) groups is 1. The predicted molar refractivity (Wildman–Crippen MR) is 151 cm³/mol. The Morgan fingerprint density at radius 1 is 0.923 bits per heavy atom. The molecule has 0 aliphatic carbocycles. The quantitative estimate of drug-likeness (QED) is 0.156. The number of aromatic nitrogens is 3. The van der Waals surface area contributed by atoms with Crippen molar-refractivity contribution in [3.05, 3.63) is 72.3 Å². The van der Waals surface area contributed by atoms with Gasteiger partial charge in [0, 0.05) is 11.3 Å². The Labute approximate surface area is 231 Å². The number of hydrogen-bond acceptors (Lipinski definition) is 9. The first-order valence-corrected chi connectivity index (χ1v) is 13.0. The third-order valence-corrected chi connectivity index (χ3v) is 6.46. The molecule has 3 aromatic carbocycles. The van der Waals surface area contributed by atoms with E-state index in [1.807, 2.05) is 66.1 Å². The molecule has 0 radical (unpaired) electrons. The van der Waals surface area contributed by atoms with Gasteiger partial charge in [0.05, 0.1) is 39.9 Å². The molecule has 4 aromatic rings. The van der Waals surface area contributed by atoms with Gasteiger partial charge in [0.25, 0.3) is 5.91 Å². The number of carbonyl (C=O) groups excluding carboxylic acids is 1. The number of methoxy groups -OCH3 is 3. The Balaban J connectivity index is 1.48. The second-order valence-electron chi connectivity index (χ2n) is 7.99. The Bertz CT molecular complexity index is 1420. The molecule has 39 heavy (non-hydrogen) atoms. The highest BCUT2D eigenvalue weighted by atomic mass is 32.2. The molecule has 1 heterocycles. The van der Waals surface area contributed by atoms with Crippen LogP contribution in [-0.2, 0) is 4.79 Å². The number of benzene rings is 3. The lowest BCUT2D eigenvalue weighted by atomic mass is 10.2. The van der Waals surface area contributed by atoms with Gasteiger partial charge < -0.3 is 18.9 Å². The summed E-state index contributed by atoms with van der Waals surface area (Å²) >= 11 is 1.25. The zero-order valence-electron chi connectivity index (χ0n) is 22.1. The van der Waals surface area contributed by atoms with Crippen molar-refractivity contribution in [2.75, 3.05) is 33.7 Å². The number of ether oxygens (including phenoxy) is 4. The van der Waals surface area contributed by atoms with E-state index < -0.39 is 0 Å². The number of hydrogen-bond donors (Lipinski definition) is 1. The van der Waals surface area contributed by atoms with Gasteiger partial charge in [0.2, 0.25) is 0 Å². The Morgan fingerprint density at radius 2 is 1.62 bits per heavy atom. The van der Waals surface area contributed by atoms with Crippen LogP contribution in [0.2, 0.25) is 0 Å². The van der Waals surface area contributed by atoms with Crippen molar-refractivity contribution in [2.45, 2.75) is 12.1 Å². The molecule has 1 aromatic heterocycles. The highest BCUT2D eigenvalue weighted by molar-refractivity contribution is 7.99. The molecule has 0 unspecified atom stereocenters. The van der Waals surface area contributed by atoms with E-state index in [1.54, 1.807) is 39.7 Å². The predicted octanol–water partition coefficient (Wildman–Crippen LogP) is 4.60. The van der Waals surface area contributed by atoms with Crippen LogP contribution >= 0.6 is 11.8 Å². The van der Waals surface area contributed by atoms with Crippen LogP contribution in [0.5, 0.6) is 23.0 Å². The zero-order chi connectivity index (χ0) is 27.6. The lowest BCUT2D eigenvalue weighted by Crippen LogP contribution is -2.20. The van der Waals surface area contributed by atoms with Crippen molar-refractivity contribution in [3.63, 3.8) is 0 Å². The zero-order valence-corrected chi connectivity index (χ0v) is 22.9. The van der Waals surface area contributed by atoms with Gasteiger partial charge in [-0.2, -0.15) is 5.10 Å². The fourth-order valence-corrected chi connectivity index (χ4v) is 4.38. The molecule has 0 bridgehead atoms. The minimum absolute atomic E-state index is 0.0842. The molecular formula is C28H29N5O5S. The smallest absolute Gasteiger partial charge is 0.250 e. The molecule has 1 amide bonds. The molecule has 10 nitrogen and oxygen atoms in total. The summed E-state index contributed by atoms with van der Waals surface area (Å²) in [4.78, 5) is 12.6. The maximum absolute atomic E-state index is 12.6. The summed E-state index contributed by atoms with van der Waals surface area (Å²) in [5, 5.41) is 13.4. The van der Waals surface area contributed by atoms with Crippen molar-refractivity contribution >= 4 is 23.9 Å². The van der Waals surface area contributed by atoms with Crippen molar-refractivity contribution in [1.82, 2.24) is 20.2 Å². The number of nitrogens with one attached hydrogen (secondary N) is 1. The molecule has 0 fully saturated rings. The van der Waals surface area contributed by atoms with Gasteiger partial charge in [-0.1, -0.05) is 11.8 Å². The summed E-state index contributed by atoms with van der Waals surface area (Å²) < 4.78 is 23.3. The molecule has 4 rings (SSSR count). The van der Waals surface area contributed by atoms with Gasteiger partial charge in [-0.05, 0) is 79.2 Å². The van der Waals surface area contributed by atoms with Gasteiger partial charge >= 0.3 is 0 Å². The first kappa shape index (κ1) is 27.5. The van der Waals surface area contributed by atoms with Gasteiger partial charge in [0.1, 0.15) is 11.5 Å². The van der Waals surface area contributed by atoms with E-state index in [9.17, 15) is 4.79 Å². The third kappa shape index (κ3) is 6.88. The van der Waals surface area contributed by atoms with E-state index in [1.165, 1.54) is 11.8 Å². The number of nitrogens with zero attached hydrogens (tertiary/aromatic N) is 4. The fraction of sp³-hybridized carbons (Fsp3) is 0.214. The van der Waals surface area contributed by atoms with Gasteiger partial charge in [0.15, 0.2) is 22.5 Å². The second kappa shape index (κ2) is 13.3. The van der Waals surface area contributed by atoms with Crippen molar-refractivity contribution in [1.29, 1.82) is 0 Å². The maximum atomic E-state index is 12.6. The second-order valence-corrected chi connectivity index (χ2v) is 8.94. The first-order valence-electron chi connectivity index (χ1n) is 12.1. The Morgan fingerprint density at radius 3 is 2.26 bits per heavy atom. The lowest BCUT2D eigenvalue weighted by molar-refractivity contribution is -0.118. The van der Waals surface area contributed by atoms with Crippen LogP contribution < -0.4 is 24.4 Å². The van der Waals surface area contributed by atoms with Gasteiger partial charge in [-0.3, -0.25) is 9.36 Å². The lowest BCUT2D eigenvalue weighted by Gasteiger charge is -2.11. The summed E-state index contributed by atoms with van der Waals surface area (Å²) in [6.45, 7) is 2.44. The Hall–Kier alpha value is -4.51. The third-order valence-electron chi connectivity index (χ3n) is 5.53. The SMILES string of the molecule is CCOc1ccc(/C=N\NC(=O)CSc2nnc(-c3ccc(OC)cc3)n2-c2ccc(OC)cc2)cc1OC. The van der Waals surface area contributed by atoms with Crippen molar-refractivity contribution in [3.8, 4) is 40.1 Å². The summed E-state index contributed by atoms with van der Waals surface area (Å²) in [7, 11) is 4.81. The molecule has 1 N–H and O–H groups in total. The fourth-order valence-electron chi connectivity index (χ4n) is 3.63. The average molecular weight is 548 g/mol. The minimum Gasteiger partial charge on any atom is -0.497 e. The monoisotopic (exact) mass is 547 g/mol. The largest absolute Gasteiger partial charge is 0.497 e. The Kier molecular flexibility index (Phi) is 9.41. The van der Waals surface area contributed by atoms with Crippen LogP contribution in [0.25, 0.3) is 17.1 Å². The van der Waals surface area contributed by atoms with E-state index >= 15 is 0 Å². The summed E-state index contributed by atoms with van der Waals surface area (Å²) in [5.74, 6) is 3.14. The van der Waals surface area contributed by atoms with E-state index in [2.05, 4.69) is 20.7 Å². The number of carbonyl (C=O) groups is 1. The van der Waals surface area contributed by atoms with Crippen LogP contribution in [-0.4, -0.2) is 60.6 Å². The molecule has 0 aliphatic heterocycles. The topological polar surface area (TPSA) is 109 Å². The highest BCUT2D eigenvalue weighted by Gasteiger charge is 2.17. The molecule has 11 heteroatoms. The number of hydrazone groups is 1. The number of rotatable bonds is 12. The van der Waals surface area contributed by atoms with E-state index in [0.29, 0.717) is 29.1 Å². The summed E-state index contributed by atoms with van der Waals surface area (Å²) in [6.07, 6.45) is 1.54. The van der Waals surface area contributed by atoms with Crippen LogP contribution in [0.3, 0.4) is 0 Å². The van der Waals surface area contributed by atoms with Crippen LogP contribution in [0, 0.1) is 0 Å². The van der Waals surface area contributed by atoms with Gasteiger partial charge in [-0.15, -0.1) is 10.2 Å². The molecule has 202 valence electrons. The molecular weight excluding hydrogens is 518 g/mol. The van der Waals surface area contributed by atoms with Crippen LogP contribution in [0.15, 0.2) is 77.0 Å². The van der Waals surface area contributed by atoms with Crippen LogP contribution in [0.4, 0.5) is 0 Å². The van der Waals surface area contributed by atoms with Crippen LogP contribution in [0.1, 0.15) is 12.5 Å².